The summed E-state index contributed by atoms with van der Waals surface area (Å²) in [6.07, 6.45) is 0. The Bertz CT molecular complexity index is 516. The predicted octanol–water partition coefficient (Wildman–Crippen LogP) is 1.54. The molecule has 0 aromatic carbocycles. The van der Waals surface area contributed by atoms with Gasteiger partial charge in [-0.25, -0.2) is 9.78 Å². The lowest BCUT2D eigenvalue weighted by Crippen LogP contribution is -2.03. The van der Waals surface area contributed by atoms with Gasteiger partial charge in [0.15, 0.2) is 11.3 Å². The van der Waals surface area contributed by atoms with Crippen LogP contribution in [0, 0.1) is 13.8 Å². The standard InChI is InChI=1S/C9H8N2O3/c1-4-3-6-8(5(2)11-14-6)10-7(4)9(12)13/h3H,1-2H3,(H,12,13). The van der Waals surface area contributed by atoms with Gasteiger partial charge >= 0.3 is 5.97 Å². The first kappa shape index (κ1) is 8.68. The molecule has 5 nitrogen and oxygen atoms in total. The van der Waals surface area contributed by atoms with Crippen LogP contribution < -0.4 is 0 Å². The Labute approximate surface area is 79.3 Å². The molecule has 0 radical (unpaired) electrons. The summed E-state index contributed by atoms with van der Waals surface area (Å²) in [4.78, 5) is 14.8. The van der Waals surface area contributed by atoms with E-state index in [1.807, 2.05) is 0 Å². The third-order valence-electron chi connectivity index (χ3n) is 2.00. The number of aryl methyl sites for hydroxylation is 2. The number of pyridine rings is 1. The van der Waals surface area contributed by atoms with Gasteiger partial charge in [0.2, 0.25) is 0 Å². The highest BCUT2D eigenvalue weighted by Crippen LogP contribution is 2.18. The third kappa shape index (κ3) is 1.14. The molecule has 5 heteroatoms. The Balaban J connectivity index is 2.80. The van der Waals surface area contributed by atoms with Crippen LogP contribution in [0.3, 0.4) is 0 Å². The molecule has 0 aliphatic carbocycles. The summed E-state index contributed by atoms with van der Waals surface area (Å²) in [7, 11) is 0. The number of carbonyl (C=O) groups is 1. The second-order valence-corrected chi connectivity index (χ2v) is 3.07. The minimum atomic E-state index is -1.04. The number of hydrogen-bond acceptors (Lipinski definition) is 4. The van der Waals surface area contributed by atoms with E-state index in [2.05, 4.69) is 10.1 Å². The molecule has 0 aliphatic rings. The zero-order valence-electron chi connectivity index (χ0n) is 7.74. The lowest BCUT2D eigenvalue weighted by atomic mass is 10.2. The molecule has 0 aliphatic heterocycles. The second kappa shape index (κ2) is 2.80. The van der Waals surface area contributed by atoms with Crippen LogP contribution in [-0.4, -0.2) is 21.2 Å². The summed E-state index contributed by atoms with van der Waals surface area (Å²) in [6.45, 7) is 3.40. The molecule has 14 heavy (non-hydrogen) atoms. The van der Waals surface area contributed by atoms with Gasteiger partial charge in [-0.3, -0.25) is 0 Å². The van der Waals surface area contributed by atoms with Crippen LogP contribution in [0.2, 0.25) is 0 Å². The highest BCUT2D eigenvalue weighted by Gasteiger charge is 2.14. The molecule has 0 fully saturated rings. The van der Waals surface area contributed by atoms with E-state index in [-0.39, 0.29) is 5.69 Å². The third-order valence-corrected chi connectivity index (χ3v) is 2.00. The Kier molecular flexibility index (Phi) is 1.73. The summed E-state index contributed by atoms with van der Waals surface area (Å²) in [5.41, 5.74) is 2.24. The first-order chi connectivity index (χ1) is 6.59. The van der Waals surface area contributed by atoms with Gasteiger partial charge in [0.05, 0.1) is 0 Å². The van der Waals surface area contributed by atoms with Crippen molar-refractivity contribution in [3.63, 3.8) is 0 Å². The van der Waals surface area contributed by atoms with Crippen LogP contribution >= 0.6 is 0 Å². The van der Waals surface area contributed by atoms with Crippen molar-refractivity contribution in [1.82, 2.24) is 10.1 Å². The molecule has 2 heterocycles. The lowest BCUT2D eigenvalue weighted by Gasteiger charge is -1.97. The van der Waals surface area contributed by atoms with E-state index in [1.54, 1.807) is 19.9 Å². The minimum Gasteiger partial charge on any atom is -0.477 e. The number of aromatic carboxylic acids is 1. The molecule has 0 bridgehead atoms. The van der Waals surface area contributed by atoms with Gasteiger partial charge in [0, 0.05) is 0 Å². The Hall–Kier alpha value is -1.91. The highest BCUT2D eigenvalue weighted by molar-refractivity contribution is 5.90. The first-order valence-electron chi connectivity index (χ1n) is 4.06. The van der Waals surface area contributed by atoms with Crippen molar-refractivity contribution in [3.05, 3.63) is 23.0 Å². The fraction of sp³-hybridized carbons (Fsp3) is 0.222. The van der Waals surface area contributed by atoms with Crippen LogP contribution in [0.4, 0.5) is 0 Å². The zero-order valence-corrected chi connectivity index (χ0v) is 7.74. The summed E-state index contributed by atoms with van der Waals surface area (Å²) in [5.74, 6) is -1.04. The number of carboxylic acids is 1. The molecule has 72 valence electrons. The van der Waals surface area contributed by atoms with Crippen LogP contribution in [0.15, 0.2) is 10.6 Å². The van der Waals surface area contributed by atoms with E-state index < -0.39 is 5.97 Å². The molecule has 0 unspecified atom stereocenters. The molecule has 0 atom stereocenters. The van der Waals surface area contributed by atoms with E-state index in [0.29, 0.717) is 22.4 Å². The van der Waals surface area contributed by atoms with Crippen molar-refractivity contribution in [2.24, 2.45) is 0 Å². The summed E-state index contributed by atoms with van der Waals surface area (Å²) in [5, 5.41) is 12.5. The molecule has 0 spiro atoms. The van der Waals surface area contributed by atoms with E-state index in [4.69, 9.17) is 9.63 Å². The first-order valence-corrected chi connectivity index (χ1v) is 4.06. The number of hydrogen-bond donors (Lipinski definition) is 1. The van der Waals surface area contributed by atoms with Crippen molar-refractivity contribution in [1.29, 1.82) is 0 Å². The number of nitrogens with zero attached hydrogens (tertiary/aromatic N) is 2. The van der Waals surface area contributed by atoms with Gasteiger partial charge in [-0.05, 0) is 25.5 Å². The summed E-state index contributed by atoms with van der Waals surface area (Å²) < 4.78 is 4.96. The van der Waals surface area contributed by atoms with Crippen LogP contribution in [0.5, 0.6) is 0 Å². The van der Waals surface area contributed by atoms with Gasteiger partial charge < -0.3 is 9.63 Å². The maximum absolute atomic E-state index is 10.8. The zero-order chi connectivity index (χ0) is 10.3. The Morgan fingerprint density at radius 3 is 2.86 bits per heavy atom. The molecule has 0 amide bonds. The largest absolute Gasteiger partial charge is 0.477 e. The normalized spacial score (nSPS) is 10.7. The highest BCUT2D eigenvalue weighted by atomic mass is 16.5. The topological polar surface area (TPSA) is 76.2 Å². The maximum atomic E-state index is 10.8. The van der Waals surface area contributed by atoms with E-state index in [0.717, 1.165) is 0 Å². The average Bonchev–Trinajstić information content (AvgIpc) is 2.46. The quantitative estimate of drug-likeness (QED) is 0.741. The fourth-order valence-corrected chi connectivity index (χ4v) is 1.29. The van der Waals surface area contributed by atoms with Crippen molar-refractivity contribution in [3.8, 4) is 0 Å². The van der Waals surface area contributed by atoms with Gasteiger partial charge in [0.25, 0.3) is 0 Å². The number of carboxylic acid groups (broad SMARTS) is 1. The maximum Gasteiger partial charge on any atom is 0.354 e. The van der Waals surface area contributed by atoms with E-state index in [1.165, 1.54) is 0 Å². The van der Waals surface area contributed by atoms with Gasteiger partial charge in [-0.15, -0.1) is 0 Å². The SMILES string of the molecule is Cc1cc2onc(C)c2nc1C(=O)O. The van der Waals surface area contributed by atoms with E-state index in [9.17, 15) is 4.79 Å². The molecule has 1 N–H and O–H groups in total. The van der Waals surface area contributed by atoms with Crippen LogP contribution in [-0.2, 0) is 0 Å². The fourth-order valence-electron chi connectivity index (χ4n) is 1.29. The molecule has 2 aromatic rings. The monoisotopic (exact) mass is 192 g/mol. The molecular formula is C9H8N2O3. The van der Waals surface area contributed by atoms with E-state index >= 15 is 0 Å². The van der Waals surface area contributed by atoms with Gasteiger partial charge in [-0.1, -0.05) is 5.16 Å². The smallest absolute Gasteiger partial charge is 0.354 e. The van der Waals surface area contributed by atoms with Crippen LogP contribution in [0.1, 0.15) is 21.7 Å². The number of fused-ring (bicyclic) bond motifs is 1. The molecule has 0 saturated carbocycles. The van der Waals surface area contributed by atoms with Crippen molar-refractivity contribution in [2.75, 3.05) is 0 Å². The predicted molar refractivity (Wildman–Crippen MR) is 48.2 cm³/mol. The Morgan fingerprint density at radius 2 is 2.21 bits per heavy atom. The Morgan fingerprint density at radius 1 is 1.50 bits per heavy atom. The molecular weight excluding hydrogens is 184 g/mol. The molecule has 2 aromatic heterocycles. The average molecular weight is 192 g/mol. The number of aromatic nitrogens is 2. The lowest BCUT2D eigenvalue weighted by molar-refractivity contribution is 0.0690. The van der Waals surface area contributed by atoms with Gasteiger partial charge in [0.1, 0.15) is 11.2 Å². The minimum absolute atomic E-state index is 0.0452. The van der Waals surface area contributed by atoms with Crippen molar-refractivity contribution >= 4 is 17.1 Å². The molecule has 2 rings (SSSR count). The second-order valence-electron chi connectivity index (χ2n) is 3.07. The van der Waals surface area contributed by atoms with Crippen LogP contribution in [0.25, 0.3) is 11.1 Å². The van der Waals surface area contributed by atoms with Gasteiger partial charge in [-0.2, -0.15) is 0 Å². The van der Waals surface area contributed by atoms with Crippen molar-refractivity contribution < 1.29 is 14.4 Å². The summed E-state index contributed by atoms with van der Waals surface area (Å²) in [6, 6.07) is 1.63. The van der Waals surface area contributed by atoms with Crippen molar-refractivity contribution in [2.45, 2.75) is 13.8 Å². The number of rotatable bonds is 1. The summed E-state index contributed by atoms with van der Waals surface area (Å²) >= 11 is 0. The molecule has 0 saturated heterocycles.